The average molecular weight is 340 g/mol. The lowest BCUT2D eigenvalue weighted by molar-refractivity contribution is 0.632. The number of thiophene rings is 1. The highest BCUT2D eigenvalue weighted by Gasteiger charge is 2.14. The number of hydrogen-bond acceptors (Lipinski definition) is 4. The molecular weight excluding hydrogens is 322 g/mol. The molecule has 1 N–H and O–H groups in total. The largest absolute Gasteiger partial charge is 0.369 e. The first-order valence-electron chi connectivity index (χ1n) is 6.44. The Bertz CT molecular complexity index is 538. The molecule has 0 aliphatic carbocycles. The third kappa shape index (κ3) is 3.54. The molecule has 0 spiro atoms. The van der Waals surface area contributed by atoms with Gasteiger partial charge < -0.3 is 5.32 Å². The molecular formula is C14H18BrN3S. The van der Waals surface area contributed by atoms with Gasteiger partial charge >= 0.3 is 0 Å². The van der Waals surface area contributed by atoms with Crippen molar-refractivity contribution >= 4 is 33.1 Å². The van der Waals surface area contributed by atoms with Crippen LogP contribution in [0.3, 0.4) is 0 Å². The van der Waals surface area contributed by atoms with E-state index in [0.29, 0.717) is 5.92 Å². The molecule has 5 heteroatoms. The Balaban J connectivity index is 2.47. The molecule has 2 rings (SSSR count). The minimum Gasteiger partial charge on any atom is -0.369 e. The third-order valence-electron chi connectivity index (χ3n) is 2.65. The molecule has 0 radical (unpaired) electrons. The van der Waals surface area contributed by atoms with Crippen molar-refractivity contribution in [1.29, 1.82) is 0 Å². The van der Waals surface area contributed by atoms with Gasteiger partial charge in [-0.2, -0.15) is 11.3 Å². The van der Waals surface area contributed by atoms with Crippen LogP contribution in [0.4, 0.5) is 5.82 Å². The van der Waals surface area contributed by atoms with Crippen molar-refractivity contribution in [2.24, 2.45) is 5.92 Å². The maximum absolute atomic E-state index is 4.71. The van der Waals surface area contributed by atoms with Crippen molar-refractivity contribution in [3.8, 4) is 11.4 Å². The summed E-state index contributed by atoms with van der Waals surface area (Å²) in [6.07, 6.45) is 0.943. The zero-order valence-corrected chi connectivity index (χ0v) is 13.8. The fourth-order valence-electron chi connectivity index (χ4n) is 1.82. The second kappa shape index (κ2) is 6.48. The average Bonchev–Trinajstić information content (AvgIpc) is 2.87. The van der Waals surface area contributed by atoms with Crippen molar-refractivity contribution in [1.82, 2.24) is 9.97 Å². The number of rotatable bonds is 5. The lowest BCUT2D eigenvalue weighted by Gasteiger charge is -2.13. The first-order valence-corrected chi connectivity index (χ1v) is 8.18. The Hall–Kier alpha value is -0.940. The van der Waals surface area contributed by atoms with E-state index in [0.717, 1.165) is 40.3 Å². The summed E-state index contributed by atoms with van der Waals surface area (Å²) in [7, 11) is 0. The summed E-state index contributed by atoms with van der Waals surface area (Å²) in [6, 6.07) is 2.06. The number of aromatic nitrogens is 2. The van der Waals surface area contributed by atoms with Gasteiger partial charge in [0.1, 0.15) is 5.82 Å². The van der Waals surface area contributed by atoms with Crippen molar-refractivity contribution in [2.75, 3.05) is 11.9 Å². The summed E-state index contributed by atoms with van der Waals surface area (Å²) >= 11 is 5.29. The van der Waals surface area contributed by atoms with Crippen LogP contribution in [-0.4, -0.2) is 16.5 Å². The second-order valence-electron chi connectivity index (χ2n) is 4.80. The van der Waals surface area contributed by atoms with Gasteiger partial charge in [-0.15, -0.1) is 0 Å². The van der Waals surface area contributed by atoms with Gasteiger partial charge in [-0.3, -0.25) is 0 Å². The molecule has 19 heavy (non-hydrogen) atoms. The minimum atomic E-state index is 0.566. The van der Waals surface area contributed by atoms with Crippen LogP contribution in [0.1, 0.15) is 26.5 Å². The Morgan fingerprint density at radius 2 is 2.16 bits per heavy atom. The van der Waals surface area contributed by atoms with E-state index in [9.17, 15) is 0 Å². The topological polar surface area (TPSA) is 37.8 Å². The number of halogens is 1. The van der Waals surface area contributed by atoms with Gasteiger partial charge in [-0.1, -0.05) is 13.8 Å². The van der Waals surface area contributed by atoms with Crippen molar-refractivity contribution in [3.05, 3.63) is 27.0 Å². The summed E-state index contributed by atoms with van der Waals surface area (Å²) in [4.78, 5) is 9.32. The molecule has 0 saturated heterocycles. The van der Waals surface area contributed by atoms with Crippen molar-refractivity contribution in [2.45, 2.75) is 27.2 Å². The molecule has 0 aliphatic heterocycles. The molecule has 0 bridgehead atoms. The molecule has 2 heterocycles. The standard InChI is InChI=1S/C14H18BrN3S/c1-4-16-14-12(15)11(7-9(2)3)17-13(18-14)10-5-6-19-8-10/h5-6,8-9H,4,7H2,1-3H3,(H,16,17,18). The van der Waals surface area contributed by atoms with Gasteiger partial charge in [0.25, 0.3) is 0 Å². The predicted molar refractivity (Wildman–Crippen MR) is 85.8 cm³/mol. The normalized spacial score (nSPS) is 11.0. The highest BCUT2D eigenvalue weighted by atomic mass is 79.9. The smallest absolute Gasteiger partial charge is 0.162 e. The lowest BCUT2D eigenvalue weighted by Crippen LogP contribution is -2.07. The molecule has 2 aromatic rings. The highest BCUT2D eigenvalue weighted by molar-refractivity contribution is 9.10. The fraction of sp³-hybridized carbons (Fsp3) is 0.429. The maximum Gasteiger partial charge on any atom is 0.162 e. The van der Waals surface area contributed by atoms with Gasteiger partial charge in [0, 0.05) is 17.5 Å². The van der Waals surface area contributed by atoms with E-state index >= 15 is 0 Å². The Labute approximate surface area is 126 Å². The van der Waals surface area contributed by atoms with Crippen LogP contribution in [0.2, 0.25) is 0 Å². The summed E-state index contributed by atoms with van der Waals surface area (Å²) < 4.78 is 0.988. The van der Waals surface area contributed by atoms with Gasteiger partial charge in [-0.25, -0.2) is 9.97 Å². The van der Waals surface area contributed by atoms with Crippen LogP contribution < -0.4 is 5.32 Å². The zero-order valence-electron chi connectivity index (χ0n) is 11.4. The monoisotopic (exact) mass is 339 g/mol. The van der Waals surface area contributed by atoms with Crippen molar-refractivity contribution in [3.63, 3.8) is 0 Å². The van der Waals surface area contributed by atoms with Crippen LogP contribution >= 0.6 is 27.3 Å². The van der Waals surface area contributed by atoms with Gasteiger partial charge in [0.15, 0.2) is 5.82 Å². The molecule has 0 aromatic carbocycles. The van der Waals surface area contributed by atoms with E-state index in [2.05, 4.69) is 63.8 Å². The first-order chi connectivity index (χ1) is 9.11. The number of nitrogens with zero attached hydrogens (tertiary/aromatic N) is 2. The van der Waals surface area contributed by atoms with E-state index in [-0.39, 0.29) is 0 Å². The number of nitrogens with one attached hydrogen (secondary N) is 1. The Kier molecular flexibility index (Phi) is 4.93. The molecule has 0 unspecified atom stereocenters. The lowest BCUT2D eigenvalue weighted by atomic mass is 10.1. The second-order valence-corrected chi connectivity index (χ2v) is 6.37. The summed E-state index contributed by atoms with van der Waals surface area (Å²) in [5, 5.41) is 7.43. The SMILES string of the molecule is CCNc1nc(-c2ccsc2)nc(CC(C)C)c1Br. The molecule has 102 valence electrons. The Morgan fingerprint density at radius 1 is 1.37 bits per heavy atom. The van der Waals surface area contributed by atoms with Crippen LogP contribution in [0.15, 0.2) is 21.3 Å². The van der Waals surface area contributed by atoms with Gasteiger partial charge in [0.05, 0.1) is 10.2 Å². The highest BCUT2D eigenvalue weighted by Crippen LogP contribution is 2.29. The molecule has 0 fully saturated rings. The van der Waals surface area contributed by atoms with Crippen molar-refractivity contribution < 1.29 is 0 Å². The summed E-state index contributed by atoms with van der Waals surface area (Å²) in [6.45, 7) is 7.32. The summed E-state index contributed by atoms with van der Waals surface area (Å²) in [5.41, 5.74) is 2.16. The quantitative estimate of drug-likeness (QED) is 0.864. The van der Waals surface area contributed by atoms with E-state index in [1.165, 1.54) is 0 Å². The molecule has 2 aromatic heterocycles. The Morgan fingerprint density at radius 3 is 2.74 bits per heavy atom. The first kappa shape index (κ1) is 14.5. The molecule has 0 atom stereocenters. The number of anilines is 1. The van der Waals surface area contributed by atoms with Gasteiger partial charge in [-0.05, 0) is 46.6 Å². The van der Waals surface area contributed by atoms with E-state index in [1.807, 2.05) is 0 Å². The van der Waals surface area contributed by atoms with E-state index < -0.39 is 0 Å². The van der Waals surface area contributed by atoms with Crippen LogP contribution in [0, 0.1) is 5.92 Å². The van der Waals surface area contributed by atoms with Crippen LogP contribution in [0.5, 0.6) is 0 Å². The van der Waals surface area contributed by atoms with Crippen LogP contribution in [0.25, 0.3) is 11.4 Å². The van der Waals surface area contributed by atoms with E-state index in [1.54, 1.807) is 11.3 Å². The zero-order chi connectivity index (χ0) is 13.8. The van der Waals surface area contributed by atoms with E-state index in [4.69, 9.17) is 4.98 Å². The molecule has 0 amide bonds. The molecule has 0 saturated carbocycles. The predicted octanol–water partition coefficient (Wildman–Crippen LogP) is 4.60. The molecule has 0 aliphatic rings. The fourth-order valence-corrected chi connectivity index (χ4v) is 2.93. The maximum atomic E-state index is 4.71. The van der Waals surface area contributed by atoms with Gasteiger partial charge in [0.2, 0.25) is 0 Å². The van der Waals surface area contributed by atoms with Crippen LogP contribution in [-0.2, 0) is 6.42 Å². The number of hydrogen-bond donors (Lipinski definition) is 1. The summed E-state index contributed by atoms with van der Waals surface area (Å²) in [5.74, 6) is 2.25. The minimum absolute atomic E-state index is 0.566. The molecule has 3 nitrogen and oxygen atoms in total. The third-order valence-corrected chi connectivity index (χ3v) is 4.16.